The fourth-order valence-corrected chi connectivity index (χ4v) is 1.58. The monoisotopic (exact) mass is 266 g/mol. The molecule has 0 saturated heterocycles. The Balaban J connectivity index is 2.72. The van der Waals surface area contributed by atoms with Crippen LogP contribution in [0, 0.1) is 11.2 Å². The molecule has 0 aromatic heterocycles. The molecule has 2 amide bonds. The van der Waals surface area contributed by atoms with E-state index in [0.717, 1.165) is 0 Å². The zero-order chi connectivity index (χ0) is 14.4. The minimum atomic E-state index is -0.480. The van der Waals surface area contributed by atoms with E-state index in [1.54, 1.807) is 12.1 Å². The lowest BCUT2D eigenvalue weighted by Gasteiger charge is -2.26. The summed E-state index contributed by atoms with van der Waals surface area (Å²) in [5.74, 6) is -0.463. The van der Waals surface area contributed by atoms with Gasteiger partial charge in [0, 0.05) is 19.0 Å². The Morgan fingerprint density at radius 3 is 2.63 bits per heavy atom. The number of carbonyl (C=O) groups is 1. The van der Waals surface area contributed by atoms with E-state index in [-0.39, 0.29) is 17.6 Å². The molecule has 0 spiro atoms. The first-order chi connectivity index (χ1) is 8.91. The van der Waals surface area contributed by atoms with Crippen molar-refractivity contribution in [1.82, 2.24) is 4.90 Å². The van der Waals surface area contributed by atoms with Gasteiger partial charge in [-0.25, -0.2) is 9.18 Å². The van der Waals surface area contributed by atoms with Gasteiger partial charge >= 0.3 is 6.03 Å². The molecule has 0 aliphatic rings. The molecule has 0 unspecified atom stereocenters. The number of benzene rings is 1. The third-order valence-electron chi connectivity index (χ3n) is 2.62. The molecule has 6 heteroatoms. The van der Waals surface area contributed by atoms with Crippen LogP contribution in [0.15, 0.2) is 24.3 Å². The van der Waals surface area contributed by atoms with Gasteiger partial charge in [0.05, 0.1) is 11.5 Å². The van der Waals surface area contributed by atoms with E-state index >= 15 is 0 Å². The van der Waals surface area contributed by atoms with E-state index in [4.69, 9.17) is 11.1 Å². The number of amides is 2. The van der Waals surface area contributed by atoms with Gasteiger partial charge in [-0.15, -0.1) is 0 Å². The zero-order valence-electron chi connectivity index (χ0n) is 11.1. The lowest BCUT2D eigenvalue weighted by Crippen LogP contribution is -2.41. The summed E-state index contributed by atoms with van der Waals surface area (Å²) in [7, 11) is 0. The van der Waals surface area contributed by atoms with E-state index in [0.29, 0.717) is 13.0 Å². The topological polar surface area (TPSA) is 82.2 Å². The molecule has 0 bridgehead atoms. The summed E-state index contributed by atoms with van der Waals surface area (Å²) in [6.45, 7) is 4.02. The van der Waals surface area contributed by atoms with E-state index < -0.39 is 11.8 Å². The van der Waals surface area contributed by atoms with E-state index in [1.165, 1.54) is 17.0 Å². The summed E-state index contributed by atoms with van der Waals surface area (Å²) in [6.07, 6.45) is 0.295. The van der Waals surface area contributed by atoms with Gasteiger partial charge in [0.25, 0.3) is 0 Å². The number of carbonyl (C=O) groups excluding carboxylic acids is 1. The number of hydrogen-bond acceptors (Lipinski definition) is 2. The third kappa shape index (κ3) is 4.57. The Morgan fingerprint density at radius 1 is 1.47 bits per heavy atom. The number of nitrogens with two attached hydrogens (primary N) is 1. The highest BCUT2D eigenvalue weighted by molar-refractivity contribution is 5.90. The first kappa shape index (κ1) is 14.9. The SMILES string of the molecule is CC(C)N(CCC(=N)N)C(=O)Nc1ccccc1F. The maximum atomic E-state index is 13.4. The number of halogens is 1. The quantitative estimate of drug-likeness (QED) is 0.565. The van der Waals surface area contributed by atoms with Gasteiger partial charge in [-0.05, 0) is 26.0 Å². The lowest BCUT2D eigenvalue weighted by atomic mass is 10.2. The zero-order valence-corrected chi connectivity index (χ0v) is 11.1. The van der Waals surface area contributed by atoms with Crippen LogP contribution in [0.2, 0.25) is 0 Å². The van der Waals surface area contributed by atoms with Gasteiger partial charge < -0.3 is 16.0 Å². The van der Waals surface area contributed by atoms with Crippen LogP contribution in [0.4, 0.5) is 14.9 Å². The Kier molecular flexibility index (Phi) is 5.29. The second kappa shape index (κ2) is 6.72. The van der Waals surface area contributed by atoms with E-state index in [1.807, 2.05) is 13.8 Å². The highest BCUT2D eigenvalue weighted by atomic mass is 19.1. The van der Waals surface area contributed by atoms with Gasteiger partial charge in [-0.3, -0.25) is 5.41 Å². The predicted molar refractivity (Wildman–Crippen MR) is 73.8 cm³/mol. The lowest BCUT2D eigenvalue weighted by molar-refractivity contribution is 0.199. The van der Waals surface area contributed by atoms with Crippen LogP contribution in [-0.4, -0.2) is 29.4 Å². The van der Waals surface area contributed by atoms with Crippen molar-refractivity contribution in [3.63, 3.8) is 0 Å². The number of anilines is 1. The van der Waals surface area contributed by atoms with Crippen molar-refractivity contribution in [2.75, 3.05) is 11.9 Å². The van der Waals surface area contributed by atoms with Crippen molar-refractivity contribution in [2.45, 2.75) is 26.3 Å². The van der Waals surface area contributed by atoms with Crippen molar-refractivity contribution in [3.8, 4) is 0 Å². The van der Waals surface area contributed by atoms with Crippen molar-refractivity contribution in [2.24, 2.45) is 5.73 Å². The Morgan fingerprint density at radius 2 is 2.11 bits per heavy atom. The van der Waals surface area contributed by atoms with Crippen LogP contribution >= 0.6 is 0 Å². The van der Waals surface area contributed by atoms with Crippen molar-refractivity contribution in [3.05, 3.63) is 30.1 Å². The van der Waals surface area contributed by atoms with Crippen LogP contribution in [0.3, 0.4) is 0 Å². The van der Waals surface area contributed by atoms with E-state index in [2.05, 4.69) is 5.32 Å². The number of nitrogens with zero attached hydrogens (tertiary/aromatic N) is 1. The molecule has 1 rings (SSSR count). The summed E-state index contributed by atoms with van der Waals surface area (Å²) in [4.78, 5) is 13.6. The molecular weight excluding hydrogens is 247 g/mol. The first-order valence-corrected chi connectivity index (χ1v) is 6.07. The van der Waals surface area contributed by atoms with Crippen LogP contribution in [0.25, 0.3) is 0 Å². The average Bonchev–Trinajstić information content (AvgIpc) is 2.31. The molecule has 104 valence electrons. The minimum Gasteiger partial charge on any atom is -0.388 e. The van der Waals surface area contributed by atoms with Crippen molar-refractivity contribution in [1.29, 1.82) is 5.41 Å². The molecule has 4 N–H and O–H groups in total. The van der Waals surface area contributed by atoms with Crippen LogP contribution in [0.1, 0.15) is 20.3 Å². The first-order valence-electron chi connectivity index (χ1n) is 6.07. The fraction of sp³-hybridized carbons (Fsp3) is 0.385. The second-order valence-corrected chi connectivity index (χ2v) is 4.47. The summed E-state index contributed by atoms with van der Waals surface area (Å²) in [6, 6.07) is 5.52. The number of nitrogens with one attached hydrogen (secondary N) is 2. The van der Waals surface area contributed by atoms with Crippen LogP contribution < -0.4 is 11.1 Å². The Bertz CT molecular complexity index is 462. The van der Waals surface area contributed by atoms with Crippen molar-refractivity contribution < 1.29 is 9.18 Å². The summed E-state index contributed by atoms with van der Waals surface area (Å²) < 4.78 is 13.4. The molecular formula is C13H19FN4O. The standard InChI is InChI=1S/C13H19FN4O/c1-9(2)18(8-7-12(15)16)13(19)17-11-6-4-3-5-10(11)14/h3-6,9H,7-8H2,1-2H3,(H3,15,16)(H,17,19). The van der Waals surface area contributed by atoms with E-state index in [9.17, 15) is 9.18 Å². The summed E-state index contributed by atoms with van der Waals surface area (Å²) in [5, 5.41) is 9.70. The number of amidine groups is 1. The fourth-order valence-electron chi connectivity index (χ4n) is 1.58. The van der Waals surface area contributed by atoms with Gasteiger partial charge in [0.1, 0.15) is 5.82 Å². The largest absolute Gasteiger partial charge is 0.388 e. The number of rotatable bonds is 5. The van der Waals surface area contributed by atoms with Gasteiger partial charge in [-0.2, -0.15) is 0 Å². The molecule has 1 aromatic carbocycles. The van der Waals surface area contributed by atoms with Gasteiger partial charge in [0.2, 0.25) is 0 Å². The normalized spacial score (nSPS) is 10.3. The van der Waals surface area contributed by atoms with Crippen molar-refractivity contribution >= 4 is 17.6 Å². The number of hydrogen-bond donors (Lipinski definition) is 3. The molecule has 0 atom stereocenters. The summed E-state index contributed by atoms with van der Waals surface area (Å²) in [5.41, 5.74) is 5.42. The highest BCUT2D eigenvalue weighted by Crippen LogP contribution is 2.14. The smallest absolute Gasteiger partial charge is 0.322 e. The summed E-state index contributed by atoms with van der Waals surface area (Å²) >= 11 is 0. The average molecular weight is 266 g/mol. The molecule has 0 fully saturated rings. The highest BCUT2D eigenvalue weighted by Gasteiger charge is 2.18. The number of urea groups is 1. The Labute approximate surface area is 112 Å². The Hall–Kier alpha value is -2.11. The maximum Gasteiger partial charge on any atom is 0.322 e. The molecule has 0 aliphatic heterocycles. The molecule has 5 nitrogen and oxygen atoms in total. The third-order valence-corrected chi connectivity index (χ3v) is 2.62. The molecule has 19 heavy (non-hydrogen) atoms. The van der Waals surface area contributed by atoms with Crippen LogP contribution in [-0.2, 0) is 0 Å². The molecule has 0 radical (unpaired) electrons. The van der Waals surface area contributed by atoms with Gasteiger partial charge in [0.15, 0.2) is 0 Å². The predicted octanol–water partition coefficient (Wildman–Crippen LogP) is 2.39. The molecule has 0 saturated carbocycles. The molecule has 0 heterocycles. The number of para-hydroxylation sites is 1. The maximum absolute atomic E-state index is 13.4. The second-order valence-electron chi connectivity index (χ2n) is 4.47. The molecule has 1 aromatic rings. The minimum absolute atomic E-state index is 0.0179. The molecule has 0 aliphatic carbocycles. The van der Waals surface area contributed by atoms with Gasteiger partial charge in [-0.1, -0.05) is 12.1 Å². The van der Waals surface area contributed by atoms with Crippen LogP contribution in [0.5, 0.6) is 0 Å².